The molecule has 1 aromatic rings. The lowest BCUT2D eigenvalue weighted by Gasteiger charge is -2.28. The Bertz CT molecular complexity index is 758. The van der Waals surface area contributed by atoms with Gasteiger partial charge in [-0.05, 0) is 35.8 Å². The lowest BCUT2D eigenvalue weighted by atomic mass is 9.88. The smallest absolute Gasteiger partial charge is 0.346 e. The van der Waals surface area contributed by atoms with E-state index in [9.17, 15) is 4.79 Å². The SMILES string of the molecule is Cc1c(CN2CCOCC2)cccc1C1C=CC2=NC(=O)NC2=C1. The Hall–Kier alpha value is -2.24. The molecule has 1 saturated heterocycles. The second-order valence-electron chi connectivity index (χ2n) is 6.41. The lowest BCUT2D eigenvalue weighted by Crippen LogP contribution is -2.35. The summed E-state index contributed by atoms with van der Waals surface area (Å²) in [7, 11) is 0. The number of nitrogens with one attached hydrogen (secondary N) is 1. The summed E-state index contributed by atoms with van der Waals surface area (Å²) in [5.41, 5.74) is 5.52. The first-order valence-corrected chi connectivity index (χ1v) is 8.39. The molecule has 1 atom stereocenters. The van der Waals surface area contributed by atoms with Crippen LogP contribution in [0.15, 0.2) is 47.1 Å². The summed E-state index contributed by atoms with van der Waals surface area (Å²) in [5.74, 6) is 0.169. The minimum Gasteiger partial charge on any atom is -0.379 e. The van der Waals surface area contributed by atoms with Crippen molar-refractivity contribution in [3.63, 3.8) is 0 Å². The maximum absolute atomic E-state index is 11.4. The van der Waals surface area contributed by atoms with Gasteiger partial charge in [0.15, 0.2) is 0 Å². The Morgan fingerprint density at radius 2 is 2.17 bits per heavy atom. The number of rotatable bonds is 3. The van der Waals surface area contributed by atoms with E-state index in [1.807, 2.05) is 6.08 Å². The number of carbonyl (C=O) groups excluding carboxylic acids is 1. The summed E-state index contributed by atoms with van der Waals surface area (Å²) < 4.78 is 5.43. The fraction of sp³-hybridized carbons (Fsp3) is 0.368. The summed E-state index contributed by atoms with van der Waals surface area (Å²) >= 11 is 0. The van der Waals surface area contributed by atoms with E-state index in [0.29, 0.717) is 0 Å². The van der Waals surface area contributed by atoms with E-state index in [1.165, 1.54) is 16.7 Å². The molecule has 2 amide bonds. The highest BCUT2D eigenvalue weighted by atomic mass is 16.5. The molecule has 0 aromatic heterocycles. The molecule has 3 aliphatic rings. The average molecular weight is 323 g/mol. The number of urea groups is 1. The molecule has 5 heteroatoms. The molecule has 2 heterocycles. The molecule has 1 aromatic carbocycles. The molecule has 0 spiro atoms. The molecule has 1 unspecified atom stereocenters. The molecular formula is C19H21N3O2. The number of benzene rings is 1. The topological polar surface area (TPSA) is 53.9 Å². The first-order chi connectivity index (χ1) is 11.7. The molecule has 1 aliphatic carbocycles. The van der Waals surface area contributed by atoms with Crippen molar-refractivity contribution in [2.45, 2.75) is 19.4 Å². The second kappa shape index (κ2) is 6.34. The van der Waals surface area contributed by atoms with Crippen LogP contribution in [0.3, 0.4) is 0 Å². The maximum Gasteiger partial charge on any atom is 0.346 e. The highest BCUT2D eigenvalue weighted by Crippen LogP contribution is 2.30. The molecule has 124 valence electrons. The van der Waals surface area contributed by atoms with Crippen LogP contribution in [0.4, 0.5) is 4.79 Å². The molecular weight excluding hydrogens is 302 g/mol. The standard InChI is InChI=1S/C19H21N3O2/c1-13-15(12-22-7-9-24-10-8-22)3-2-4-16(13)14-5-6-17-18(11-14)21-19(23)20-17/h2-6,11,14H,7-10,12H2,1H3,(H,21,23). The van der Waals surface area contributed by atoms with E-state index in [-0.39, 0.29) is 11.9 Å². The third-order valence-electron chi connectivity index (χ3n) is 4.89. The van der Waals surface area contributed by atoms with Gasteiger partial charge in [-0.15, -0.1) is 0 Å². The van der Waals surface area contributed by atoms with Gasteiger partial charge in [0.2, 0.25) is 0 Å². The summed E-state index contributed by atoms with van der Waals surface area (Å²) in [6, 6.07) is 6.22. The summed E-state index contributed by atoms with van der Waals surface area (Å²) in [6.07, 6.45) is 6.14. The first-order valence-electron chi connectivity index (χ1n) is 8.39. The molecule has 0 bridgehead atoms. The third kappa shape index (κ3) is 2.92. The van der Waals surface area contributed by atoms with Crippen molar-refractivity contribution in [1.82, 2.24) is 10.2 Å². The van der Waals surface area contributed by atoms with Crippen LogP contribution in [0.1, 0.15) is 22.6 Å². The maximum atomic E-state index is 11.4. The molecule has 24 heavy (non-hydrogen) atoms. The monoisotopic (exact) mass is 323 g/mol. The van der Waals surface area contributed by atoms with E-state index >= 15 is 0 Å². The summed E-state index contributed by atoms with van der Waals surface area (Å²) in [6.45, 7) is 6.76. The number of nitrogens with zero attached hydrogens (tertiary/aromatic N) is 2. The van der Waals surface area contributed by atoms with Crippen LogP contribution in [0, 0.1) is 6.92 Å². The zero-order chi connectivity index (χ0) is 16.5. The average Bonchev–Trinajstić information content (AvgIpc) is 2.97. The van der Waals surface area contributed by atoms with Crippen molar-refractivity contribution in [2.75, 3.05) is 26.3 Å². The largest absolute Gasteiger partial charge is 0.379 e. The zero-order valence-electron chi connectivity index (χ0n) is 13.8. The fourth-order valence-electron chi connectivity index (χ4n) is 3.49. The van der Waals surface area contributed by atoms with Gasteiger partial charge in [0.25, 0.3) is 0 Å². The number of carbonyl (C=O) groups is 1. The van der Waals surface area contributed by atoms with Crippen LogP contribution < -0.4 is 5.32 Å². The second-order valence-corrected chi connectivity index (χ2v) is 6.41. The molecule has 2 aliphatic heterocycles. The van der Waals surface area contributed by atoms with Gasteiger partial charge in [-0.1, -0.05) is 24.3 Å². The fourth-order valence-corrected chi connectivity index (χ4v) is 3.49. The number of aliphatic imine (C=N–C) groups is 1. The Labute approximate surface area is 141 Å². The van der Waals surface area contributed by atoms with Crippen LogP contribution in [0.25, 0.3) is 0 Å². The molecule has 1 fully saturated rings. The Kier molecular flexibility index (Phi) is 4.04. The van der Waals surface area contributed by atoms with E-state index < -0.39 is 0 Å². The van der Waals surface area contributed by atoms with Crippen molar-refractivity contribution in [2.24, 2.45) is 4.99 Å². The van der Waals surface area contributed by atoms with E-state index in [4.69, 9.17) is 4.74 Å². The summed E-state index contributed by atoms with van der Waals surface area (Å²) in [5, 5.41) is 2.80. The molecule has 0 saturated carbocycles. The van der Waals surface area contributed by atoms with Crippen LogP contribution in [0.2, 0.25) is 0 Å². The Balaban J connectivity index is 1.58. The third-order valence-corrected chi connectivity index (χ3v) is 4.89. The van der Waals surface area contributed by atoms with E-state index in [2.05, 4.69) is 52.5 Å². The molecule has 0 radical (unpaired) electrons. The normalized spacial score (nSPS) is 23.5. The van der Waals surface area contributed by atoms with Gasteiger partial charge >= 0.3 is 6.03 Å². The van der Waals surface area contributed by atoms with Gasteiger partial charge < -0.3 is 10.1 Å². The number of ether oxygens (including phenoxy) is 1. The van der Waals surface area contributed by atoms with Crippen LogP contribution in [-0.2, 0) is 11.3 Å². The highest BCUT2D eigenvalue weighted by Gasteiger charge is 2.23. The van der Waals surface area contributed by atoms with E-state index in [1.54, 1.807) is 0 Å². The van der Waals surface area contributed by atoms with Crippen molar-refractivity contribution < 1.29 is 9.53 Å². The number of morpholine rings is 1. The van der Waals surface area contributed by atoms with Gasteiger partial charge in [-0.2, -0.15) is 4.99 Å². The first kappa shape index (κ1) is 15.3. The number of hydrogen-bond donors (Lipinski definition) is 1. The van der Waals surface area contributed by atoms with Crippen LogP contribution in [0.5, 0.6) is 0 Å². The molecule has 5 nitrogen and oxygen atoms in total. The Morgan fingerprint density at radius 3 is 3.00 bits per heavy atom. The van der Waals surface area contributed by atoms with Crippen molar-refractivity contribution >= 4 is 11.7 Å². The summed E-state index contributed by atoms with van der Waals surface area (Å²) in [4.78, 5) is 17.8. The highest BCUT2D eigenvalue weighted by molar-refractivity contribution is 6.19. The van der Waals surface area contributed by atoms with Crippen LogP contribution >= 0.6 is 0 Å². The number of amides is 2. The minimum atomic E-state index is -0.278. The number of hydrogen-bond acceptors (Lipinski definition) is 3. The predicted molar refractivity (Wildman–Crippen MR) is 93.2 cm³/mol. The van der Waals surface area contributed by atoms with Crippen molar-refractivity contribution in [1.29, 1.82) is 0 Å². The van der Waals surface area contributed by atoms with Gasteiger partial charge in [-0.25, -0.2) is 4.79 Å². The van der Waals surface area contributed by atoms with Gasteiger partial charge in [-0.3, -0.25) is 4.90 Å². The molecule has 1 N–H and O–H groups in total. The molecule has 4 rings (SSSR count). The van der Waals surface area contributed by atoms with Gasteiger partial charge in [0, 0.05) is 25.6 Å². The zero-order valence-corrected chi connectivity index (χ0v) is 13.8. The Morgan fingerprint density at radius 1 is 1.33 bits per heavy atom. The van der Waals surface area contributed by atoms with Crippen LogP contribution in [-0.4, -0.2) is 42.9 Å². The predicted octanol–water partition coefficient (Wildman–Crippen LogP) is 2.53. The number of fused-ring (bicyclic) bond motifs is 1. The van der Waals surface area contributed by atoms with Crippen molar-refractivity contribution in [3.8, 4) is 0 Å². The quantitative estimate of drug-likeness (QED) is 0.930. The number of allylic oxidation sites excluding steroid dienone is 3. The van der Waals surface area contributed by atoms with E-state index in [0.717, 1.165) is 44.3 Å². The van der Waals surface area contributed by atoms with Gasteiger partial charge in [0.05, 0.1) is 24.6 Å². The lowest BCUT2D eigenvalue weighted by molar-refractivity contribution is 0.0341. The minimum absolute atomic E-state index is 0.169. The van der Waals surface area contributed by atoms with Gasteiger partial charge in [0.1, 0.15) is 0 Å². The van der Waals surface area contributed by atoms with Crippen molar-refractivity contribution in [3.05, 3.63) is 58.8 Å².